The lowest BCUT2D eigenvalue weighted by molar-refractivity contribution is -0.116. The van der Waals surface area contributed by atoms with Gasteiger partial charge in [0.05, 0.1) is 6.61 Å². The number of carbonyl (C=O) groups is 1. The Kier molecular flexibility index (Phi) is 5.70. The smallest absolute Gasteiger partial charge is 0.331 e. The Labute approximate surface area is 177 Å². The molecule has 0 unspecified atom stereocenters. The van der Waals surface area contributed by atoms with Crippen molar-refractivity contribution in [2.24, 2.45) is 0 Å². The molecule has 0 saturated carbocycles. The van der Waals surface area contributed by atoms with Crippen LogP contribution in [-0.4, -0.2) is 31.8 Å². The standard InChI is InChI=1S/C21H23N5O5/c1-3-30-15-9-7-14(8-10-15)23-17(27)12-26-20(28)18(19-22-13(2)31-24-19)16-6-4-5-11-25(16)21(26)29/h7-10H,3-6,11-12H2,1-2H3,(H,23,27). The minimum absolute atomic E-state index is 0.133. The molecule has 1 aromatic carbocycles. The number of nitrogens with zero attached hydrogens (tertiary/aromatic N) is 4. The summed E-state index contributed by atoms with van der Waals surface area (Å²) < 4.78 is 12.9. The van der Waals surface area contributed by atoms with Crippen LogP contribution in [0.5, 0.6) is 5.75 Å². The number of benzene rings is 1. The van der Waals surface area contributed by atoms with E-state index in [2.05, 4.69) is 15.5 Å². The van der Waals surface area contributed by atoms with E-state index in [4.69, 9.17) is 9.26 Å². The van der Waals surface area contributed by atoms with Crippen LogP contribution in [-0.2, 0) is 24.3 Å². The SMILES string of the molecule is CCOc1ccc(NC(=O)Cn2c(=O)c(-c3noc(C)n3)c3n(c2=O)CCCC3)cc1. The number of carbonyl (C=O) groups excluding carboxylic acids is 1. The van der Waals surface area contributed by atoms with Crippen LogP contribution in [0.4, 0.5) is 5.69 Å². The number of ether oxygens (including phenoxy) is 1. The Bertz CT molecular complexity index is 1220. The lowest BCUT2D eigenvalue weighted by Gasteiger charge is -2.21. The molecule has 3 aromatic rings. The van der Waals surface area contributed by atoms with Crippen molar-refractivity contribution in [3.63, 3.8) is 0 Å². The summed E-state index contributed by atoms with van der Waals surface area (Å²) in [6, 6.07) is 6.85. The Balaban J connectivity index is 1.67. The third kappa shape index (κ3) is 4.14. The van der Waals surface area contributed by atoms with Crippen molar-refractivity contribution < 1.29 is 14.1 Å². The van der Waals surface area contributed by atoms with Gasteiger partial charge in [-0.3, -0.25) is 18.7 Å². The second kappa shape index (κ2) is 8.58. The molecule has 1 aliphatic rings. The summed E-state index contributed by atoms with van der Waals surface area (Å²) in [5.74, 6) is 0.642. The van der Waals surface area contributed by atoms with E-state index in [-0.39, 0.29) is 11.4 Å². The van der Waals surface area contributed by atoms with Crippen LogP contribution in [0.2, 0.25) is 0 Å². The molecular weight excluding hydrogens is 402 g/mol. The fourth-order valence-corrected chi connectivity index (χ4v) is 3.70. The van der Waals surface area contributed by atoms with Crippen LogP contribution in [0.15, 0.2) is 38.4 Å². The normalized spacial score (nSPS) is 13.0. The zero-order chi connectivity index (χ0) is 22.0. The Morgan fingerprint density at radius 2 is 2.00 bits per heavy atom. The lowest BCUT2D eigenvalue weighted by atomic mass is 10.0. The molecule has 0 fully saturated rings. The van der Waals surface area contributed by atoms with Crippen molar-refractivity contribution in [2.75, 3.05) is 11.9 Å². The van der Waals surface area contributed by atoms with E-state index >= 15 is 0 Å². The van der Waals surface area contributed by atoms with Crippen molar-refractivity contribution >= 4 is 11.6 Å². The van der Waals surface area contributed by atoms with Crippen molar-refractivity contribution in [3.05, 3.63) is 56.7 Å². The predicted octanol–water partition coefficient (Wildman–Crippen LogP) is 1.74. The molecule has 10 heteroatoms. The summed E-state index contributed by atoms with van der Waals surface area (Å²) in [5, 5.41) is 6.57. The highest BCUT2D eigenvalue weighted by Gasteiger charge is 2.26. The van der Waals surface area contributed by atoms with Crippen LogP contribution in [0.25, 0.3) is 11.4 Å². The first-order chi connectivity index (χ1) is 15.0. The molecule has 0 bridgehead atoms. The average molecular weight is 425 g/mol. The van der Waals surface area contributed by atoms with Crippen molar-refractivity contribution in [1.29, 1.82) is 0 Å². The molecule has 0 radical (unpaired) electrons. The maximum atomic E-state index is 13.2. The van der Waals surface area contributed by atoms with Gasteiger partial charge in [-0.2, -0.15) is 4.98 Å². The van der Waals surface area contributed by atoms with Gasteiger partial charge < -0.3 is 14.6 Å². The van der Waals surface area contributed by atoms with Gasteiger partial charge in [0.15, 0.2) is 0 Å². The average Bonchev–Trinajstić information content (AvgIpc) is 3.19. The molecule has 3 heterocycles. The maximum Gasteiger partial charge on any atom is 0.331 e. The Morgan fingerprint density at radius 3 is 2.68 bits per heavy atom. The minimum Gasteiger partial charge on any atom is -0.494 e. The highest BCUT2D eigenvalue weighted by molar-refractivity contribution is 5.90. The number of fused-ring (bicyclic) bond motifs is 1. The quantitative estimate of drug-likeness (QED) is 0.638. The third-order valence-electron chi connectivity index (χ3n) is 5.08. The van der Waals surface area contributed by atoms with Gasteiger partial charge in [-0.05, 0) is 50.5 Å². The molecule has 4 rings (SSSR count). The topological polar surface area (TPSA) is 121 Å². The van der Waals surface area contributed by atoms with E-state index in [0.29, 0.717) is 42.6 Å². The van der Waals surface area contributed by atoms with E-state index in [1.54, 1.807) is 31.2 Å². The van der Waals surface area contributed by atoms with Crippen LogP contribution in [0.3, 0.4) is 0 Å². The van der Waals surface area contributed by atoms with E-state index in [1.165, 1.54) is 4.57 Å². The van der Waals surface area contributed by atoms with Crippen LogP contribution >= 0.6 is 0 Å². The van der Waals surface area contributed by atoms with E-state index in [1.807, 2.05) is 6.92 Å². The molecule has 31 heavy (non-hydrogen) atoms. The Morgan fingerprint density at radius 1 is 1.23 bits per heavy atom. The zero-order valence-corrected chi connectivity index (χ0v) is 17.4. The molecule has 0 aliphatic carbocycles. The monoisotopic (exact) mass is 425 g/mol. The summed E-state index contributed by atoms with van der Waals surface area (Å²) in [7, 11) is 0. The summed E-state index contributed by atoms with van der Waals surface area (Å²) >= 11 is 0. The highest BCUT2D eigenvalue weighted by Crippen LogP contribution is 2.21. The van der Waals surface area contributed by atoms with E-state index < -0.39 is 23.7 Å². The number of rotatable bonds is 6. The van der Waals surface area contributed by atoms with Crippen molar-refractivity contribution in [3.8, 4) is 17.1 Å². The fraction of sp³-hybridized carbons (Fsp3) is 0.381. The zero-order valence-electron chi connectivity index (χ0n) is 17.4. The summed E-state index contributed by atoms with van der Waals surface area (Å²) in [5.41, 5.74) is 0.232. The molecule has 162 valence electrons. The van der Waals surface area contributed by atoms with Gasteiger partial charge in [-0.15, -0.1) is 0 Å². The largest absolute Gasteiger partial charge is 0.494 e. The van der Waals surface area contributed by atoms with Gasteiger partial charge in [0, 0.05) is 24.8 Å². The first-order valence-electron chi connectivity index (χ1n) is 10.2. The number of nitrogens with one attached hydrogen (secondary N) is 1. The van der Waals surface area contributed by atoms with Crippen LogP contribution in [0, 0.1) is 6.92 Å². The minimum atomic E-state index is -0.596. The highest BCUT2D eigenvalue weighted by atomic mass is 16.5. The number of hydrogen-bond acceptors (Lipinski definition) is 7. The third-order valence-corrected chi connectivity index (χ3v) is 5.08. The van der Waals surface area contributed by atoms with Gasteiger partial charge in [0.25, 0.3) is 5.56 Å². The van der Waals surface area contributed by atoms with Crippen molar-refractivity contribution in [2.45, 2.75) is 46.2 Å². The molecule has 2 aromatic heterocycles. The summed E-state index contributed by atoms with van der Waals surface area (Å²) in [4.78, 5) is 43.0. The van der Waals surface area contributed by atoms with Crippen LogP contribution in [0.1, 0.15) is 31.4 Å². The Hall–Kier alpha value is -3.69. The number of aromatic nitrogens is 4. The number of anilines is 1. The molecule has 0 atom stereocenters. The fourth-order valence-electron chi connectivity index (χ4n) is 3.70. The summed E-state index contributed by atoms with van der Waals surface area (Å²) in [6.07, 6.45) is 2.23. The second-order valence-electron chi connectivity index (χ2n) is 7.25. The van der Waals surface area contributed by atoms with E-state index in [9.17, 15) is 14.4 Å². The second-order valence-corrected chi connectivity index (χ2v) is 7.25. The van der Waals surface area contributed by atoms with Gasteiger partial charge in [0.2, 0.25) is 17.6 Å². The summed E-state index contributed by atoms with van der Waals surface area (Å²) in [6.45, 7) is 4.10. The lowest BCUT2D eigenvalue weighted by Crippen LogP contribution is -2.45. The van der Waals surface area contributed by atoms with Gasteiger partial charge in [-0.1, -0.05) is 5.16 Å². The molecule has 0 saturated heterocycles. The molecule has 1 amide bonds. The first kappa shape index (κ1) is 20.6. The molecule has 1 N–H and O–H groups in total. The van der Waals surface area contributed by atoms with E-state index in [0.717, 1.165) is 17.4 Å². The van der Waals surface area contributed by atoms with Gasteiger partial charge in [-0.25, -0.2) is 4.79 Å². The maximum absolute atomic E-state index is 13.2. The van der Waals surface area contributed by atoms with Gasteiger partial charge >= 0.3 is 5.69 Å². The number of amides is 1. The number of aryl methyl sites for hydroxylation is 1. The first-order valence-corrected chi connectivity index (χ1v) is 10.2. The van der Waals surface area contributed by atoms with Crippen molar-refractivity contribution in [1.82, 2.24) is 19.3 Å². The predicted molar refractivity (Wildman–Crippen MR) is 112 cm³/mol. The van der Waals surface area contributed by atoms with Crippen LogP contribution < -0.4 is 21.3 Å². The van der Waals surface area contributed by atoms with Gasteiger partial charge in [0.1, 0.15) is 17.9 Å². The molecular formula is C21H23N5O5. The number of hydrogen-bond donors (Lipinski definition) is 1. The molecule has 10 nitrogen and oxygen atoms in total. The molecule has 0 spiro atoms. The molecule has 1 aliphatic heterocycles.